The Balaban J connectivity index is 2.38. The quantitative estimate of drug-likeness (QED) is 0.777. The van der Waals surface area contributed by atoms with Crippen molar-refractivity contribution in [3.8, 4) is 0 Å². The lowest BCUT2D eigenvalue weighted by molar-refractivity contribution is 0.0695. The molecule has 1 N–H and O–H groups in total. The first-order chi connectivity index (χ1) is 11.4. The molecular weight excluding hydrogens is 333 g/mol. The number of aromatic nitrogens is 1. The summed E-state index contributed by atoms with van der Waals surface area (Å²) in [6.45, 7) is 1.84. The van der Waals surface area contributed by atoms with Gasteiger partial charge in [0.1, 0.15) is 11.4 Å². The number of pyridine rings is 1. The SMILES string of the molecule is CC(c1ccccc1)n1cc(C(=O)O)c(=O)c2cc(Cl)c(F)cc21. The Kier molecular flexibility index (Phi) is 4.11. The topological polar surface area (TPSA) is 59.3 Å². The molecule has 0 spiro atoms. The van der Waals surface area contributed by atoms with Crippen LogP contribution in [0.25, 0.3) is 10.9 Å². The van der Waals surface area contributed by atoms with Crippen molar-refractivity contribution in [2.24, 2.45) is 0 Å². The number of rotatable bonds is 3. The van der Waals surface area contributed by atoms with Crippen molar-refractivity contribution < 1.29 is 14.3 Å². The van der Waals surface area contributed by atoms with E-state index in [0.717, 1.165) is 11.6 Å². The van der Waals surface area contributed by atoms with Gasteiger partial charge in [-0.15, -0.1) is 0 Å². The molecule has 4 nitrogen and oxygen atoms in total. The summed E-state index contributed by atoms with van der Waals surface area (Å²) >= 11 is 5.77. The number of halogens is 2. The molecule has 1 aromatic heterocycles. The summed E-state index contributed by atoms with van der Waals surface area (Å²) < 4.78 is 15.5. The molecule has 0 bridgehead atoms. The smallest absolute Gasteiger partial charge is 0.341 e. The third-order valence-electron chi connectivity index (χ3n) is 4.00. The Bertz CT molecular complexity index is 999. The van der Waals surface area contributed by atoms with E-state index in [9.17, 15) is 19.1 Å². The molecule has 0 saturated heterocycles. The number of carboxylic acid groups (broad SMARTS) is 1. The lowest BCUT2D eigenvalue weighted by Gasteiger charge is -2.20. The molecule has 0 aliphatic carbocycles. The molecule has 1 unspecified atom stereocenters. The number of nitrogens with zero attached hydrogens (tertiary/aromatic N) is 1. The first-order valence-corrected chi connectivity index (χ1v) is 7.60. The number of benzene rings is 2. The van der Waals surface area contributed by atoms with Crippen LogP contribution >= 0.6 is 11.6 Å². The molecule has 24 heavy (non-hydrogen) atoms. The minimum Gasteiger partial charge on any atom is -0.477 e. The molecule has 2 aromatic carbocycles. The van der Waals surface area contributed by atoms with Gasteiger partial charge in [-0.25, -0.2) is 9.18 Å². The van der Waals surface area contributed by atoms with Gasteiger partial charge in [0.2, 0.25) is 5.43 Å². The zero-order valence-electron chi connectivity index (χ0n) is 12.7. The number of fused-ring (bicyclic) bond motifs is 1. The normalized spacial score (nSPS) is 12.3. The van der Waals surface area contributed by atoms with Crippen molar-refractivity contribution >= 4 is 28.5 Å². The predicted molar refractivity (Wildman–Crippen MR) is 90.4 cm³/mol. The van der Waals surface area contributed by atoms with Crippen LogP contribution in [0.4, 0.5) is 4.39 Å². The lowest BCUT2D eigenvalue weighted by Crippen LogP contribution is -2.21. The van der Waals surface area contributed by atoms with Gasteiger partial charge in [0.05, 0.1) is 16.6 Å². The van der Waals surface area contributed by atoms with Gasteiger partial charge in [0.25, 0.3) is 0 Å². The highest BCUT2D eigenvalue weighted by Gasteiger charge is 2.19. The fourth-order valence-corrected chi connectivity index (χ4v) is 2.87. The van der Waals surface area contributed by atoms with Crippen LogP contribution in [0.2, 0.25) is 5.02 Å². The lowest BCUT2D eigenvalue weighted by atomic mass is 10.1. The summed E-state index contributed by atoms with van der Waals surface area (Å²) in [5.74, 6) is -2.00. The number of carboxylic acids is 1. The van der Waals surface area contributed by atoms with Gasteiger partial charge < -0.3 is 9.67 Å². The second kappa shape index (κ2) is 6.09. The number of hydrogen-bond acceptors (Lipinski definition) is 2. The van der Waals surface area contributed by atoms with Gasteiger partial charge in [0.15, 0.2) is 0 Å². The van der Waals surface area contributed by atoms with Crippen molar-refractivity contribution in [1.29, 1.82) is 0 Å². The predicted octanol–water partition coefficient (Wildman–Crippen LogP) is 4.10. The first-order valence-electron chi connectivity index (χ1n) is 7.22. The molecule has 0 aliphatic rings. The average Bonchev–Trinajstić information content (AvgIpc) is 2.57. The van der Waals surface area contributed by atoms with Crippen LogP contribution in [0.15, 0.2) is 53.5 Å². The maximum absolute atomic E-state index is 13.9. The summed E-state index contributed by atoms with van der Waals surface area (Å²) in [5, 5.41) is 9.16. The Morgan fingerprint density at radius 1 is 1.25 bits per heavy atom. The highest BCUT2D eigenvalue weighted by atomic mass is 35.5. The molecule has 0 fully saturated rings. The van der Waals surface area contributed by atoms with Crippen LogP contribution in [0.5, 0.6) is 0 Å². The van der Waals surface area contributed by atoms with Gasteiger partial charge in [-0.2, -0.15) is 0 Å². The monoisotopic (exact) mass is 345 g/mol. The maximum atomic E-state index is 13.9. The zero-order chi connectivity index (χ0) is 17.4. The largest absolute Gasteiger partial charge is 0.477 e. The van der Waals surface area contributed by atoms with Gasteiger partial charge in [0, 0.05) is 11.6 Å². The van der Waals surface area contributed by atoms with Crippen LogP contribution in [-0.2, 0) is 0 Å². The summed E-state index contributed by atoms with van der Waals surface area (Å²) in [6.07, 6.45) is 1.25. The summed E-state index contributed by atoms with van der Waals surface area (Å²) in [7, 11) is 0. The van der Waals surface area contributed by atoms with Crippen LogP contribution in [0, 0.1) is 5.82 Å². The van der Waals surface area contributed by atoms with Gasteiger partial charge >= 0.3 is 5.97 Å². The Labute approximate surface area is 141 Å². The van der Waals surface area contributed by atoms with E-state index in [1.165, 1.54) is 12.3 Å². The number of hydrogen-bond donors (Lipinski definition) is 1. The summed E-state index contributed by atoms with van der Waals surface area (Å²) in [5.41, 5.74) is 0.126. The molecule has 122 valence electrons. The molecule has 0 saturated carbocycles. The average molecular weight is 346 g/mol. The third-order valence-corrected chi connectivity index (χ3v) is 4.29. The van der Waals surface area contributed by atoms with Crippen molar-refractivity contribution in [3.05, 3.63) is 80.9 Å². The molecule has 0 radical (unpaired) electrons. The van der Waals surface area contributed by atoms with Crippen molar-refractivity contribution in [1.82, 2.24) is 4.57 Å². The second-order valence-corrected chi connectivity index (χ2v) is 5.86. The van der Waals surface area contributed by atoms with E-state index in [-0.39, 0.29) is 22.0 Å². The van der Waals surface area contributed by atoms with Gasteiger partial charge in [-0.3, -0.25) is 4.79 Å². The molecule has 0 amide bonds. The molecule has 6 heteroatoms. The Morgan fingerprint density at radius 3 is 2.54 bits per heavy atom. The Morgan fingerprint density at radius 2 is 1.92 bits per heavy atom. The van der Waals surface area contributed by atoms with Crippen LogP contribution < -0.4 is 5.43 Å². The minimum atomic E-state index is -1.34. The maximum Gasteiger partial charge on any atom is 0.341 e. The summed E-state index contributed by atoms with van der Waals surface area (Å²) in [6, 6.07) is 11.4. The Hall–Kier alpha value is -2.66. The highest BCUT2D eigenvalue weighted by molar-refractivity contribution is 6.31. The van der Waals surface area contributed by atoms with E-state index >= 15 is 0 Å². The van der Waals surface area contributed by atoms with Crippen LogP contribution in [0.3, 0.4) is 0 Å². The zero-order valence-corrected chi connectivity index (χ0v) is 13.4. The molecule has 0 aliphatic heterocycles. The summed E-state index contributed by atoms with van der Waals surface area (Å²) in [4.78, 5) is 23.8. The van der Waals surface area contributed by atoms with Crippen LogP contribution in [0.1, 0.15) is 28.9 Å². The molecule has 3 aromatic rings. The third kappa shape index (κ3) is 2.67. The van der Waals surface area contributed by atoms with E-state index in [1.807, 2.05) is 37.3 Å². The second-order valence-electron chi connectivity index (χ2n) is 5.45. The van der Waals surface area contributed by atoms with E-state index in [0.29, 0.717) is 5.52 Å². The van der Waals surface area contributed by atoms with Crippen molar-refractivity contribution in [3.63, 3.8) is 0 Å². The van der Waals surface area contributed by atoms with E-state index in [2.05, 4.69) is 0 Å². The van der Waals surface area contributed by atoms with E-state index in [4.69, 9.17) is 11.6 Å². The number of aromatic carboxylic acids is 1. The number of carbonyl (C=O) groups is 1. The highest BCUT2D eigenvalue weighted by Crippen LogP contribution is 2.26. The van der Waals surface area contributed by atoms with Crippen LogP contribution in [-0.4, -0.2) is 15.6 Å². The molecule has 1 heterocycles. The van der Waals surface area contributed by atoms with Gasteiger partial charge in [-0.05, 0) is 24.6 Å². The molecular formula is C18H13ClFNO3. The first kappa shape index (κ1) is 16.2. The molecule has 3 rings (SSSR count). The minimum absolute atomic E-state index is 0.0732. The van der Waals surface area contributed by atoms with E-state index in [1.54, 1.807) is 4.57 Å². The fourth-order valence-electron chi connectivity index (χ4n) is 2.71. The fraction of sp³-hybridized carbons (Fsp3) is 0.111. The van der Waals surface area contributed by atoms with Crippen molar-refractivity contribution in [2.45, 2.75) is 13.0 Å². The standard InChI is InChI=1S/C18H13ClFNO3/c1-10(11-5-3-2-4-6-11)21-9-13(18(23)24)17(22)12-7-14(19)15(20)8-16(12)21/h2-10H,1H3,(H,23,24). The van der Waals surface area contributed by atoms with Crippen molar-refractivity contribution in [2.75, 3.05) is 0 Å². The van der Waals surface area contributed by atoms with E-state index < -0.39 is 17.2 Å². The van der Waals surface area contributed by atoms with Gasteiger partial charge in [-0.1, -0.05) is 41.9 Å². The molecule has 1 atom stereocenters.